The summed E-state index contributed by atoms with van der Waals surface area (Å²) < 4.78 is 5.46. The standard InChI is InChI=1S/C10H9Cl3N2O4S/c1-6(16)19-9(10(11,12)13)14-20-8-5-3-2-4-7(8)15(17)18/h2-5,9,14H,1H3. The van der Waals surface area contributed by atoms with Crippen LogP contribution >= 0.6 is 46.8 Å². The van der Waals surface area contributed by atoms with Crippen molar-refractivity contribution in [3.8, 4) is 0 Å². The molecule has 0 aromatic heterocycles. The van der Waals surface area contributed by atoms with Crippen LogP contribution in [0.15, 0.2) is 29.2 Å². The van der Waals surface area contributed by atoms with E-state index in [9.17, 15) is 14.9 Å². The van der Waals surface area contributed by atoms with Crippen LogP contribution in [0.2, 0.25) is 0 Å². The highest BCUT2D eigenvalue weighted by Gasteiger charge is 2.36. The van der Waals surface area contributed by atoms with Crippen molar-refractivity contribution in [2.75, 3.05) is 0 Å². The minimum absolute atomic E-state index is 0.115. The molecule has 10 heteroatoms. The Kier molecular flexibility index (Phi) is 6.35. The zero-order chi connectivity index (χ0) is 15.3. The van der Waals surface area contributed by atoms with E-state index in [1.807, 2.05) is 0 Å². The van der Waals surface area contributed by atoms with Crippen molar-refractivity contribution < 1.29 is 14.5 Å². The normalized spacial score (nSPS) is 12.8. The number of alkyl halides is 3. The first-order valence-corrected chi connectivity index (χ1v) is 7.06. The number of nitrogens with zero attached hydrogens (tertiary/aromatic N) is 1. The van der Waals surface area contributed by atoms with E-state index in [-0.39, 0.29) is 5.69 Å². The Morgan fingerprint density at radius 1 is 1.45 bits per heavy atom. The van der Waals surface area contributed by atoms with Crippen LogP contribution in [-0.4, -0.2) is 20.9 Å². The Bertz CT molecular complexity index is 510. The van der Waals surface area contributed by atoms with E-state index in [0.717, 1.165) is 18.9 Å². The van der Waals surface area contributed by atoms with Gasteiger partial charge in [-0.15, -0.1) is 0 Å². The number of nitro groups is 1. The van der Waals surface area contributed by atoms with E-state index in [1.165, 1.54) is 18.2 Å². The van der Waals surface area contributed by atoms with Crippen LogP contribution < -0.4 is 4.72 Å². The summed E-state index contributed by atoms with van der Waals surface area (Å²) in [6.45, 7) is 1.15. The van der Waals surface area contributed by atoms with Crippen LogP contribution in [-0.2, 0) is 9.53 Å². The Morgan fingerprint density at radius 3 is 2.55 bits per heavy atom. The van der Waals surface area contributed by atoms with Gasteiger partial charge in [0.25, 0.3) is 5.69 Å². The molecule has 0 fully saturated rings. The third-order valence-corrected chi connectivity index (χ3v) is 3.41. The Labute approximate surface area is 134 Å². The average molecular weight is 360 g/mol. The first-order chi connectivity index (χ1) is 9.21. The SMILES string of the molecule is CC(=O)OC(NSc1ccccc1[N+](=O)[O-])C(Cl)(Cl)Cl. The minimum Gasteiger partial charge on any atom is -0.441 e. The molecule has 0 aliphatic heterocycles. The van der Waals surface area contributed by atoms with Crippen molar-refractivity contribution in [1.82, 2.24) is 4.72 Å². The van der Waals surface area contributed by atoms with Crippen molar-refractivity contribution in [2.45, 2.75) is 21.8 Å². The van der Waals surface area contributed by atoms with Crippen LogP contribution in [0.3, 0.4) is 0 Å². The predicted molar refractivity (Wildman–Crippen MR) is 77.9 cm³/mol. The first kappa shape index (κ1) is 17.3. The number of rotatable bonds is 5. The number of hydrogen-bond donors (Lipinski definition) is 1. The number of esters is 1. The van der Waals surface area contributed by atoms with Gasteiger partial charge in [-0.25, -0.2) is 4.72 Å². The second-order valence-corrected chi connectivity index (χ2v) is 6.72. The smallest absolute Gasteiger partial charge is 0.304 e. The van der Waals surface area contributed by atoms with Gasteiger partial charge in [-0.05, 0) is 18.0 Å². The molecule has 0 aliphatic rings. The fraction of sp³-hybridized carbons (Fsp3) is 0.300. The molecule has 0 spiro atoms. The molecule has 0 radical (unpaired) electrons. The van der Waals surface area contributed by atoms with Gasteiger partial charge in [-0.1, -0.05) is 46.9 Å². The molecular formula is C10H9Cl3N2O4S. The van der Waals surface area contributed by atoms with Crippen LogP contribution in [0.5, 0.6) is 0 Å². The van der Waals surface area contributed by atoms with Crippen molar-refractivity contribution in [3.63, 3.8) is 0 Å². The van der Waals surface area contributed by atoms with Crippen molar-refractivity contribution in [1.29, 1.82) is 0 Å². The highest BCUT2D eigenvalue weighted by molar-refractivity contribution is 7.97. The summed E-state index contributed by atoms with van der Waals surface area (Å²) in [5, 5.41) is 10.8. The Balaban J connectivity index is 2.83. The van der Waals surface area contributed by atoms with Gasteiger partial charge in [0.2, 0.25) is 10.0 Å². The fourth-order valence-corrected chi connectivity index (χ4v) is 2.48. The van der Waals surface area contributed by atoms with Gasteiger partial charge in [0.15, 0.2) is 0 Å². The molecule has 0 aliphatic carbocycles. The van der Waals surface area contributed by atoms with Crippen LogP contribution in [0.1, 0.15) is 6.92 Å². The molecule has 1 atom stereocenters. The number of carbonyl (C=O) groups excluding carboxylic acids is 1. The highest BCUT2D eigenvalue weighted by atomic mass is 35.6. The second-order valence-electron chi connectivity index (χ2n) is 3.48. The minimum atomic E-state index is -1.91. The lowest BCUT2D eigenvalue weighted by molar-refractivity contribution is -0.387. The number of nitrogens with one attached hydrogen (secondary N) is 1. The molecule has 6 nitrogen and oxygen atoms in total. The largest absolute Gasteiger partial charge is 0.441 e. The maximum Gasteiger partial charge on any atom is 0.304 e. The topological polar surface area (TPSA) is 81.5 Å². The summed E-state index contributed by atoms with van der Waals surface area (Å²) in [5.74, 6) is -0.656. The molecule has 1 rings (SSSR count). The molecule has 0 bridgehead atoms. The molecule has 1 unspecified atom stereocenters. The number of benzene rings is 1. The van der Waals surface area contributed by atoms with Crippen molar-refractivity contribution >= 4 is 58.4 Å². The summed E-state index contributed by atoms with van der Waals surface area (Å²) in [6.07, 6.45) is -1.25. The Hall–Kier alpha value is -0.730. The van der Waals surface area contributed by atoms with Gasteiger partial charge in [0.1, 0.15) is 4.90 Å². The van der Waals surface area contributed by atoms with E-state index >= 15 is 0 Å². The lowest BCUT2D eigenvalue weighted by Gasteiger charge is -2.24. The molecule has 0 saturated carbocycles. The zero-order valence-corrected chi connectivity index (χ0v) is 13.1. The van der Waals surface area contributed by atoms with E-state index in [4.69, 9.17) is 39.5 Å². The van der Waals surface area contributed by atoms with Gasteiger partial charge >= 0.3 is 5.97 Å². The molecule has 110 valence electrons. The van der Waals surface area contributed by atoms with Crippen LogP contribution in [0, 0.1) is 10.1 Å². The quantitative estimate of drug-likeness (QED) is 0.216. The monoisotopic (exact) mass is 358 g/mol. The molecule has 0 saturated heterocycles. The van der Waals surface area contributed by atoms with E-state index < -0.39 is 20.9 Å². The Morgan fingerprint density at radius 2 is 2.05 bits per heavy atom. The van der Waals surface area contributed by atoms with Gasteiger partial charge < -0.3 is 4.74 Å². The third-order valence-electron chi connectivity index (χ3n) is 1.92. The summed E-state index contributed by atoms with van der Waals surface area (Å²) in [4.78, 5) is 21.5. The van der Waals surface area contributed by atoms with Gasteiger partial charge in [-0.2, -0.15) is 0 Å². The van der Waals surface area contributed by atoms with Crippen molar-refractivity contribution in [3.05, 3.63) is 34.4 Å². The zero-order valence-electron chi connectivity index (χ0n) is 10.0. The lowest BCUT2D eigenvalue weighted by atomic mass is 10.3. The number of carbonyl (C=O) groups is 1. The molecule has 0 amide bonds. The number of nitro benzene ring substituents is 1. The maximum atomic E-state index is 10.9. The van der Waals surface area contributed by atoms with Gasteiger partial charge in [0.05, 0.1) is 4.92 Å². The molecule has 1 aromatic carbocycles. The van der Waals surface area contributed by atoms with Crippen LogP contribution in [0.4, 0.5) is 5.69 Å². The lowest BCUT2D eigenvalue weighted by Crippen LogP contribution is -2.40. The first-order valence-electron chi connectivity index (χ1n) is 5.11. The molecule has 20 heavy (non-hydrogen) atoms. The van der Waals surface area contributed by atoms with E-state index in [1.54, 1.807) is 6.07 Å². The highest BCUT2D eigenvalue weighted by Crippen LogP contribution is 2.34. The maximum absolute atomic E-state index is 10.9. The number of ether oxygens (including phenoxy) is 1. The molecule has 1 aromatic rings. The fourth-order valence-electron chi connectivity index (χ4n) is 1.13. The molecular weight excluding hydrogens is 351 g/mol. The molecule has 0 heterocycles. The number of halogens is 3. The predicted octanol–water partition coefficient (Wildman–Crippen LogP) is 3.45. The number of hydrogen-bond acceptors (Lipinski definition) is 6. The average Bonchev–Trinajstić information content (AvgIpc) is 2.33. The second kappa shape index (κ2) is 7.33. The van der Waals surface area contributed by atoms with Crippen molar-refractivity contribution in [2.24, 2.45) is 0 Å². The molecule has 1 N–H and O–H groups in total. The summed E-state index contributed by atoms with van der Waals surface area (Å²) >= 11 is 17.8. The summed E-state index contributed by atoms with van der Waals surface area (Å²) in [5.41, 5.74) is -0.115. The summed E-state index contributed by atoms with van der Waals surface area (Å²) in [7, 11) is 0. The van der Waals surface area contributed by atoms with Gasteiger partial charge in [0, 0.05) is 13.0 Å². The third kappa shape index (κ3) is 5.34. The van der Waals surface area contributed by atoms with E-state index in [2.05, 4.69) is 4.72 Å². The summed E-state index contributed by atoms with van der Waals surface area (Å²) in [6, 6.07) is 5.99. The van der Waals surface area contributed by atoms with Gasteiger partial charge in [-0.3, -0.25) is 14.9 Å². The van der Waals surface area contributed by atoms with E-state index in [0.29, 0.717) is 4.90 Å². The van der Waals surface area contributed by atoms with Crippen LogP contribution in [0.25, 0.3) is 0 Å². The number of para-hydroxylation sites is 1.